The fraction of sp³-hybridized carbons (Fsp3) is 0.296. The van der Waals surface area contributed by atoms with E-state index in [1.807, 2.05) is 0 Å². The van der Waals surface area contributed by atoms with Gasteiger partial charge in [0.1, 0.15) is 18.0 Å². The maximum atomic E-state index is 15.4. The zero-order valence-electron chi connectivity index (χ0n) is 21.0. The van der Waals surface area contributed by atoms with E-state index in [-0.39, 0.29) is 11.3 Å². The standard InChI is InChI=1S/C27H24F3N3O6/c1-31-22-9-5-6-15-12-19(29)20(30)13-17(15)23(16-7-3-4-8-18(16)28)33(22)32-11-10-21(34)25(24(32)26(31)35)38-14-39-27(36)37-2/h3-4,7-8,10-13,22-23H,5-6,9,14H2,1-2H3/t22-,23+/m0/s1. The Morgan fingerprint density at radius 1 is 1.03 bits per heavy atom. The van der Waals surface area contributed by atoms with Crippen molar-refractivity contribution in [1.82, 2.24) is 9.58 Å². The molecule has 204 valence electrons. The zero-order valence-corrected chi connectivity index (χ0v) is 21.0. The molecule has 0 unspecified atom stereocenters. The molecular weight excluding hydrogens is 519 g/mol. The van der Waals surface area contributed by atoms with Gasteiger partial charge in [0.25, 0.3) is 5.91 Å². The van der Waals surface area contributed by atoms with Gasteiger partial charge in [-0.2, -0.15) is 0 Å². The summed E-state index contributed by atoms with van der Waals surface area (Å²) in [5, 5.41) is 1.65. The van der Waals surface area contributed by atoms with E-state index in [9.17, 15) is 23.2 Å². The number of halogens is 3. The Balaban J connectivity index is 1.75. The van der Waals surface area contributed by atoms with Crippen molar-refractivity contribution in [2.75, 3.05) is 26.0 Å². The molecule has 0 N–H and O–H groups in total. The summed E-state index contributed by atoms with van der Waals surface area (Å²) >= 11 is 0. The van der Waals surface area contributed by atoms with Crippen molar-refractivity contribution in [2.45, 2.75) is 31.5 Å². The van der Waals surface area contributed by atoms with Gasteiger partial charge in [-0.1, -0.05) is 18.2 Å². The fourth-order valence-corrected chi connectivity index (χ4v) is 5.18. The van der Waals surface area contributed by atoms with Crippen molar-refractivity contribution >= 4 is 12.1 Å². The summed E-state index contributed by atoms with van der Waals surface area (Å²) in [6.07, 6.45) is 0.916. The van der Waals surface area contributed by atoms with E-state index in [4.69, 9.17) is 9.47 Å². The topological polar surface area (TPSA) is 90.3 Å². The highest BCUT2D eigenvalue weighted by atomic mass is 19.2. The minimum absolute atomic E-state index is 0.153. The number of hydrogen-bond donors (Lipinski definition) is 0. The van der Waals surface area contributed by atoms with Crippen LogP contribution in [-0.4, -0.2) is 48.8 Å². The third-order valence-electron chi connectivity index (χ3n) is 6.96. The second-order valence-corrected chi connectivity index (χ2v) is 9.12. The highest BCUT2D eigenvalue weighted by Crippen LogP contribution is 2.40. The van der Waals surface area contributed by atoms with Crippen LogP contribution in [0.1, 0.15) is 46.1 Å². The average molecular weight is 543 g/mol. The lowest BCUT2D eigenvalue weighted by Gasteiger charge is -2.50. The van der Waals surface area contributed by atoms with Crippen molar-refractivity contribution in [2.24, 2.45) is 0 Å². The fourth-order valence-electron chi connectivity index (χ4n) is 5.18. The van der Waals surface area contributed by atoms with E-state index >= 15 is 4.39 Å². The predicted molar refractivity (Wildman–Crippen MR) is 131 cm³/mol. The van der Waals surface area contributed by atoms with Crippen LogP contribution in [0.3, 0.4) is 0 Å². The van der Waals surface area contributed by atoms with Gasteiger partial charge in [0.15, 0.2) is 17.3 Å². The molecule has 9 nitrogen and oxygen atoms in total. The minimum atomic E-state index is -1.10. The van der Waals surface area contributed by atoms with Gasteiger partial charge in [-0.25, -0.2) is 18.0 Å². The lowest BCUT2D eigenvalue weighted by Crippen LogP contribution is -2.61. The molecule has 2 aliphatic heterocycles. The SMILES string of the molecule is COC(=O)OCOc1c2n(ccc1=O)N1[C@H](c3ccccc3F)c3cc(F)c(F)cc3CCC[C@H]1N(C)C2=O. The van der Waals surface area contributed by atoms with E-state index in [1.165, 1.54) is 41.0 Å². The number of nitrogens with zero attached hydrogens (tertiary/aromatic N) is 3. The van der Waals surface area contributed by atoms with Crippen LogP contribution in [0.4, 0.5) is 18.0 Å². The Morgan fingerprint density at radius 3 is 2.51 bits per heavy atom. The number of methoxy groups -OCH3 is 1. The van der Waals surface area contributed by atoms with Crippen LogP contribution in [0, 0.1) is 17.5 Å². The molecule has 0 saturated heterocycles. The van der Waals surface area contributed by atoms with Crippen LogP contribution >= 0.6 is 0 Å². The van der Waals surface area contributed by atoms with Crippen LogP contribution in [0.15, 0.2) is 53.5 Å². The third kappa shape index (κ3) is 4.55. The number of rotatable bonds is 4. The van der Waals surface area contributed by atoms with Crippen molar-refractivity contribution in [3.63, 3.8) is 0 Å². The number of benzene rings is 2. The second kappa shape index (κ2) is 10.4. The molecule has 5 rings (SSSR count). The van der Waals surface area contributed by atoms with Crippen LogP contribution in [-0.2, 0) is 15.9 Å². The number of amides is 1. The van der Waals surface area contributed by atoms with Crippen LogP contribution < -0.4 is 15.2 Å². The average Bonchev–Trinajstić information content (AvgIpc) is 2.91. The summed E-state index contributed by atoms with van der Waals surface area (Å²) in [6.45, 7) is -0.719. The summed E-state index contributed by atoms with van der Waals surface area (Å²) in [5.41, 5.74) is 0.0810. The van der Waals surface area contributed by atoms with E-state index in [1.54, 1.807) is 11.1 Å². The molecule has 1 aromatic heterocycles. The zero-order chi connectivity index (χ0) is 27.8. The van der Waals surface area contributed by atoms with Crippen molar-refractivity contribution < 1.29 is 37.0 Å². The summed E-state index contributed by atoms with van der Waals surface area (Å²) in [6, 6.07) is 8.20. The number of ether oxygens (including phenoxy) is 3. The minimum Gasteiger partial charge on any atom is -0.451 e. The lowest BCUT2D eigenvalue weighted by atomic mass is 9.88. The Bertz CT molecular complexity index is 1510. The number of hydrogen-bond acceptors (Lipinski definition) is 7. The molecule has 0 aliphatic carbocycles. The smallest absolute Gasteiger partial charge is 0.451 e. The highest BCUT2D eigenvalue weighted by molar-refractivity contribution is 5.96. The quantitative estimate of drug-likeness (QED) is 0.365. The Hall–Kier alpha value is -4.48. The van der Waals surface area contributed by atoms with Crippen molar-refractivity contribution in [3.05, 3.63) is 98.7 Å². The largest absolute Gasteiger partial charge is 0.510 e. The molecule has 0 bridgehead atoms. The van der Waals surface area contributed by atoms with Crippen LogP contribution in [0.2, 0.25) is 0 Å². The first-order chi connectivity index (χ1) is 18.7. The van der Waals surface area contributed by atoms with Crippen molar-refractivity contribution in [3.8, 4) is 5.75 Å². The van der Waals surface area contributed by atoms with E-state index in [2.05, 4.69) is 4.74 Å². The summed E-state index contributed by atoms with van der Waals surface area (Å²) < 4.78 is 60.3. The van der Waals surface area contributed by atoms with Gasteiger partial charge in [0.2, 0.25) is 18.0 Å². The van der Waals surface area contributed by atoms with Crippen LogP contribution in [0.25, 0.3) is 0 Å². The first-order valence-corrected chi connectivity index (χ1v) is 12.1. The molecule has 0 saturated carbocycles. The van der Waals surface area contributed by atoms with E-state index in [0.29, 0.717) is 30.4 Å². The monoisotopic (exact) mass is 543 g/mol. The highest BCUT2D eigenvalue weighted by Gasteiger charge is 2.44. The van der Waals surface area contributed by atoms with Gasteiger partial charge >= 0.3 is 6.16 Å². The second-order valence-electron chi connectivity index (χ2n) is 9.12. The molecule has 0 fully saturated rings. The van der Waals surface area contributed by atoms with E-state index < -0.39 is 59.7 Å². The van der Waals surface area contributed by atoms with Gasteiger partial charge in [0, 0.05) is 24.9 Å². The van der Waals surface area contributed by atoms with E-state index in [0.717, 1.165) is 25.3 Å². The molecule has 12 heteroatoms. The van der Waals surface area contributed by atoms with Crippen molar-refractivity contribution in [1.29, 1.82) is 0 Å². The maximum Gasteiger partial charge on any atom is 0.510 e. The normalized spacial score (nSPS) is 18.3. The number of pyridine rings is 1. The molecule has 3 aromatic rings. The predicted octanol–water partition coefficient (Wildman–Crippen LogP) is 3.86. The Labute approximate surface area is 220 Å². The van der Waals surface area contributed by atoms with Gasteiger partial charge in [-0.3, -0.25) is 19.3 Å². The number of carbonyl (C=O) groups is 2. The van der Waals surface area contributed by atoms with Gasteiger partial charge in [-0.15, -0.1) is 0 Å². The summed E-state index contributed by atoms with van der Waals surface area (Å²) in [7, 11) is 2.62. The van der Waals surface area contributed by atoms with Gasteiger partial charge < -0.3 is 19.1 Å². The lowest BCUT2D eigenvalue weighted by molar-refractivity contribution is 0.0131. The molecule has 0 spiro atoms. The molecule has 2 aliphatic rings. The third-order valence-corrected chi connectivity index (χ3v) is 6.96. The molecular formula is C27H24F3N3O6. The molecule has 3 heterocycles. The number of carbonyl (C=O) groups excluding carboxylic acids is 2. The summed E-state index contributed by atoms with van der Waals surface area (Å²) in [5.74, 6) is -3.69. The molecule has 2 aromatic carbocycles. The molecule has 0 radical (unpaired) electrons. The number of aromatic nitrogens is 1. The Kier molecular flexibility index (Phi) is 6.94. The maximum absolute atomic E-state index is 15.4. The number of aryl methyl sites for hydroxylation is 1. The Morgan fingerprint density at radius 2 is 1.77 bits per heavy atom. The molecule has 2 atom stereocenters. The van der Waals surface area contributed by atoms with Gasteiger partial charge in [0.05, 0.1) is 7.11 Å². The first kappa shape index (κ1) is 26.1. The van der Waals surface area contributed by atoms with Gasteiger partial charge in [-0.05, 0) is 48.6 Å². The van der Waals surface area contributed by atoms with Crippen LogP contribution in [0.5, 0.6) is 5.75 Å². The molecule has 39 heavy (non-hydrogen) atoms. The summed E-state index contributed by atoms with van der Waals surface area (Å²) in [4.78, 5) is 39.2. The first-order valence-electron chi connectivity index (χ1n) is 12.1. The molecule has 1 amide bonds. The number of fused-ring (bicyclic) bond motifs is 4.